The largest absolute Gasteiger partial charge is 0.461 e. The minimum Gasteiger partial charge on any atom is -0.461 e. The number of hydrogen-bond acceptors (Lipinski definition) is 9. The highest BCUT2D eigenvalue weighted by molar-refractivity contribution is 8.00. The van der Waals surface area contributed by atoms with Crippen LogP contribution < -0.4 is 5.32 Å². The third-order valence-electron chi connectivity index (χ3n) is 4.90. The molecule has 0 saturated carbocycles. The lowest BCUT2D eigenvalue weighted by Crippen LogP contribution is -2.70. The molecule has 2 aliphatic heterocycles. The van der Waals surface area contributed by atoms with E-state index >= 15 is 0 Å². The Kier molecular flexibility index (Phi) is 7.80. The Morgan fingerprint density at radius 2 is 1.88 bits per heavy atom. The van der Waals surface area contributed by atoms with E-state index in [1.165, 1.54) is 23.6 Å². The molecule has 10 nitrogen and oxygen atoms in total. The molecule has 0 unspecified atom stereocenters. The smallest absolute Gasteiger partial charge is 0.355 e. The van der Waals surface area contributed by atoms with Gasteiger partial charge in [0.05, 0.1) is 12.2 Å². The second-order valence-corrected chi connectivity index (χ2v) is 11.0. The Bertz CT molecular complexity index is 1080. The fraction of sp³-hybridized carbons (Fsp3) is 0.429. The van der Waals surface area contributed by atoms with Gasteiger partial charge in [0.1, 0.15) is 30.3 Å². The highest BCUT2D eigenvalue weighted by atomic mass is 32.2. The van der Waals surface area contributed by atoms with Gasteiger partial charge in [-0.05, 0) is 5.56 Å². The van der Waals surface area contributed by atoms with Crippen LogP contribution in [0.3, 0.4) is 0 Å². The first-order valence-electron chi connectivity index (χ1n) is 10.0. The lowest BCUT2D eigenvalue weighted by molar-refractivity contribution is -0.153. The van der Waals surface area contributed by atoms with Crippen molar-refractivity contribution in [2.24, 2.45) is 0 Å². The second kappa shape index (κ2) is 10.4. The zero-order chi connectivity index (χ0) is 24.2. The number of thioether (sulfide) groups is 1. The summed E-state index contributed by atoms with van der Waals surface area (Å²) in [7, 11) is -3.35. The Balaban J connectivity index is 1.72. The number of benzene rings is 1. The summed E-state index contributed by atoms with van der Waals surface area (Å²) in [4.78, 5) is 50.5. The number of nitrogens with zero attached hydrogens (tertiary/aromatic N) is 1. The van der Waals surface area contributed by atoms with Crippen LogP contribution in [0, 0.1) is 0 Å². The third-order valence-corrected chi connectivity index (χ3v) is 7.15. The number of rotatable bonds is 9. The minimum atomic E-state index is -3.35. The number of hydrogen-bond donors (Lipinski definition) is 1. The first-order chi connectivity index (χ1) is 15.6. The van der Waals surface area contributed by atoms with Crippen LogP contribution in [0.4, 0.5) is 0 Å². The second-order valence-electron chi connectivity index (χ2n) is 7.62. The molecule has 33 heavy (non-hydrogen) atoms. The molecule has 0 radical (unpaired) electrons. The van der Waals surface area contributed by atoms with E-state index in [9.17, 15) is 27.6 Å². The van der Waals surface area contributed by atoms with Crippen LogP contribution in [0.2, 0.25) is 0 Å². The van der Waals surface area contributed by atoms with E-state index in [0.29, 0.717) is 5.57 Å². The van der Waals surface area contributed by atoms with Gasteiger partial charge < -0.3 is 14.8 Å². The van der Waals surface area contributed by atoms with Crippen molar-refractivity contribution in [2.45, 2.75) is 24.8 Å². The summed E-state index contributed by atoms with van der Waals surface area (Å²) >= 11 is 1.32. The van der Waals surface area contributed by atoms with E-state index in [1.807, 2.05) is 18.2 Å². The number of fused-ring (bicyclic) bond motifs is 1. The van der Waals surface area contributed by atoms with Crippen LogP contribution in [0.5, 0.6) is 0 Å². The molecule has 2 aliphatic rings. The van der Waals surface area contributed by atoms with Crippen LogP contribution in [-0.2, 0) is 44.9 Å². The summed E-state index contributed by atoms with van der Waals surface area (Å²) in [5, 5.41) is 2.18. The van der Waals surface area contributed by atoms with Crippen molar-refractivity contribution in [3.8, 4) is 0 Å². The number of sulfone groups is 1. The van der Waals surface area contributed by atoms with Gasteiger partial charge in [-0.3, -0.25) is 19.3 Å². The molecule has 2 atom stereocenters. The molecule has 0 aromatic heterocycles. The number of amides is 2. The number of carbonyl (C=O) groups is 4. The van der Waals surface area contributed by atoms with Gasteiger partial charge in [-0.15, -0.1) is 11.8 Å². The van der Waals surface area contributed by atoms with Crippen LogP contribution in [0.25, 0.3) is 0 Å². The van der Waals surface area contributed by atoms with Gasteiger partial charge in [-0.1, -0.05) is 30.3 Å². The molecule has 3 rings (SSSR count). The molecule has 178 valence electrons. The molecule has 1 saturated heterocycles. The lowest BCUT2D eigenvalue weighted by Gasteiger charge is -2.49. The summed E-state index contributed by atoms with van der Waals surface area (Å²) in [6.07, 6.45) is 1.12. The van der Waals surface area contributed by atoms with Crippen molar-refractivity contribution in [2.75, 3.05) is 31.0 Å². The quantitative estimate of drug-likeness (QED) is 0.371. The van der Waals surface area contributed by atoms with Crippen LogP contribution in [-0.4, -0.2) is 79.5 Å². The number of β-lactam (4-membered cyclic amide) rings is 1. The van der Waals surface area contributed by atoms with Gasteiger partial charge in [0.15, 0.2) is 9.84 Å². The first kappa shape index (κ1) is 24.8. The number of carbonyl (C=O) groups excluding carboxylic acids is 4. The Morgan fingerprint density at radius 1 is 1.18 bits per heavy atom. The fourth-order valence-electron chi connectivity index (χ4n) is 3.33. The summed E-state index contributed by atoms with van der Waals surface area (Å²) in [6, 6.07) is 8.25. The first-order valence-corrected chi connectivity index (χ1v) is 13.2. The predicted molar refractivity (Wildman–Crippen MR) is 119 cm³/mol. The highest BCUT2D eigenvalue weighted by Gasteiger charge is 2.54. The van der Waals surface area contributed by atoms with Gasteiger partial charge in [-0.2, -0.15) is 0 Å². The molecule has 1 aromatic rings. The van der Waals surface area contributed by atoms with Crippen molar-refractivity contribution in [3.63, 3.8) is 0 Å². The number of ether oxygens (including phenoxy) is 2. The van der Waals surface area contributed by atoms with E-state index in [0.717, 1.165) is 11.8 Å². The molecule has 0 bridgehead atoms. The number of esters is 2. The summed E-state index contributed by atoms with van der Waals surface area (Å²) in [6.45, 7) is 0.635. The van der Waals surface area contributed by atoms with E-state index in [1.54, 1.807) is 12.1 Å². The normalized spacial score (nSPS) is 19.9. The standard InChI is InChI=1S/C21H24N2O8S2/c1-13(24)31-11-15-12-32-20-17(22-16(25)10-14-6-4-3-5-7-14)19(26)23(20)18(15)21(27)30-8-9-33(2,28)29/h3-7,17,20H,8-12H2,1-2H3,(H,22,25)/t17-,20-/m1/s1. The zero-order valence-electron chi connectivity index (χ0n) is 18.1. The maximum atomic E-state index is 12.9. The van der Waals surface area contributed by atoms with Crippen molar-refractivity contribution >= 4 is 45.4 Å². The van der Waals surface area contributed by atoms with Gasteiger partial charge >= 0.3 is 11.9 Å². The van der Waals surface area contributed by atoms with E-state index in [-0.39, 0.29) is 42.7 Å². The SMILES string of the molecule is CC(=O)OCC1=C(C(=O)OCCS(C)(=O)=O)N2C(=O)[C@@H](NC(=O)Cc3ccccc3)[C@H]2SC1. The van der Waals surface area contributed by atoms with E-state index < -0.39 is 39.1 Å². The van der Waals surface area contributed by atoms with Crippen LogP contribution in [0.1, 0.15) is 12.5 Å². The minimum absolute atomic E-state index is 0.0768. The number of nitrogens with one attached hydrogen (secondary N) is 1. The molecule has 1 N–H and O–H groups in total. The summed E-state index contributed by atoms with van der Waals surface area (Å²) in [5.41, 5.74) is 1.10. The monoisotopic (exact) mass is 496 g/mol. The van der Waals surface area contributed by atoms with E-state index in [4.69, 9.17) is 9.47 Å². The Morgan fingerprint density at radius 3 is 2.52 bits per heavy atom. The van der Waals surface area contributed by atoms with Crippen molar-refractivity contribution in [3.05, 3.63) is 47.2 Å². The topological polar surface area (TPSA) is 136 Å². The summed E-state index contributed by atoms with van der Waals surface area (Å²) in [5.74, 6) is -2.36. The van der Waals surface area contributed by atoms with Crippen LogP contribution >= 0.6 is 11.8 Å². The molecule has 2 amide bonds. The molecule has 0 spiro atoms. The molecule has 1 aromatic carbocycles. The maximum absolute atomic E-state index is 12.9. The molecular weight excluding hydrogens is 472 g/mol. The third kappa shape index (κ3) is 6.35. The fourth-order valence-corrected chi connectivity index (χ4v) is 5.04. The average Bonchev–Trinajstić information content (AvgIpc) is 2.75. The van der Waals surface area contributed by atoms with Crippen molar-refractivity contribution in [1.29, 1.82) is 0 Å². The highest BCUT2D eigenvalue weighted by Crippen LogP contribution is 2.40. The molecule has 0 aliphatic carbocycles. The van der Waals surface area contributed by atoms with Gasteiger partial charge in [0.25, 0.3) is 5.91 Å². The average molecular weight is 497 g/mol. The van der Waals surface area contributed by atoms with E-state index in [2.05, 4.69) is 5.32 Å². The summed E-state index contributed by atoms with van der Waals surface area (Å²) < 4.78 is 32.7. The lowest BCUT2D eigenvalue weighted by atomic mass is 10.0. The zero-order valence-corrected chi connectivity index (χ0v) is 19.7. The molecule has 1 fully saturated rings. The van der Waals surface area contributed by atoms with Crippen molar-refractivity contribution < 1.29 is 37.1 Å². The molecule has 12 heteroatoms. The Labute approximate surface area is 195 Å². The maximum Gasteiger partial charge on any atom is 0.355 e. The van der Waals surface area contributed by atoms with Gasteiger partial charge in [0.2, 0.25) is 5.91 Å². The van der Waals surface area contributed by atoms with Gasteiger partial charge in [0, 0.05) is 24.5 Å². The van der Waals surface area contributed by atoms with Crippen LogP contribution in [0.15, 0.2) is 41.6 Å². The van der Waals surface area contributed by atoms with Crippen molar-refractivity contribution in [1.82, 2.24) is 10.2 Å². The predicted octanol–water partition coefficient (Wildman–Crippen LogP) is 0.0340. The van der Waals surface area contributed by atoms with Gasteiger partial charge in [-0.25, -0.2) is 13.2 Å². The Hall–Kier alpha value is -2.86. The molecule has 2 heterocycles. The molecular formula is C21H24N2O8S2.